The first-order chi connectivity index (χ1) is 9.88. The predicted octanol–water partition coefficient (Wildman–Crippen LogP) is -0.232. The molecule has 7 heteroatoms. The summed E-state index contributed by atoms with van der Waals surface area (Å²) in [6.45, 7) is 1.41. The smallest absolute Gasteiger partial charge is 0.241 e. The molecule has 0 radical (unpaired) electrons. The molecule has 0 saturated carbocycles. The average Bonchev–Trinajstić information content (AvgIpc) is 2.39. The molecule has 5 N–H and O–H groups in total. The number of amides is 2. The maximum Gasteiger partial charge on any atom is 0.241 e. The Morgan fingerprint density at radius 3 is 2.43 bits per heavy atom. The highest BCUT2D eigenvalue weighted by molar-refractivity contribution is 5.97. The summed E-state index contributed by atoms with van der Waals surface area (Å²) in [7, 11) is 3.94. The van der Waals surface area contributed by atoms with Gasteiger partial charge in [-0.3, -0.25) is 9.59 Å². The van der Waals surface area contributed by atoms with Gasteiger partial charge in [-0.1, -0.05) is 0 Å². The van der Waals surface area contributed by atoms with Crippen LogP contribution in [0.2, 0.25) is 0 Å². The van der Waals surface area contributed by atoms with E-state index < -0.39 is 17.9 Å². The van der Waals surface area contributed by atoms with Gasteiger partial charge in [0.1, 0.15) is 12.4 Å². The maximum atomic E-state index is 11.7. The molecule has 21 heavy (non-hydrogen) atoms. The molecule has 116 valence electrons. The number of nitrogens with two attached hydrogens (primary N) is 2. The van der Waals surface area contributed by atoms with Gasteiger partial charge in [0.05, 0.1) is 12.5 Å². The summed E-state index contributed by atoms with van der Waals surface area (Å²) in [6, 6.07) is 5.98. The van der Waals surface area contributed by atoms with Crippen LogP contribution in [0.1, 0.15) is 6.42 Å². The molecule has 0 bridgehead atoms. The van der Waals surface area contributed by atoms with Gasteiger partial charge in [0.15, 0.2) is 0 Å². The largest absolute Gasteiger partial charge is 0.492 e. The molecule has 1 unspecified atom stereocenters. The van der Waals surface area contributed by atoms with Crippen molar-refractivity contribution in [3.05, 3.63) is 24.3 Å². The number of carbonyl (C=O) groups excluding carboxylic acids is 2. The Morgan fingerprint density at radius 1 is 1.29 bits per heavy atom. The van der Waals surface area contributed by atoms with Gasteiger partial charge < -0.3 is 26.4 Å². The quantitative estimate of drug-likeness (QED) is 0.613. The molecule has 1 rings (SSSR count). The molecule has 1 atom stereocenters. The van der Waals surface area contributed by atoms with E-state index >= 15 is 0 Å². The number of carbonyl (C=O) groups is 2. The van der Waals surface area contributed by atoms with Crippen molar-refractivity contribution >= 4 is 17.5 Å². The highest BCUT2D eigenvalue weighted by Gasteiger charge is 2.15. The topological polar surface area (TPSA) is 111 Å². The first-order valence-corrected chi connectivity index (χ1v) is 6.61. The number of nitrogens with zero attached hydrogens (tertiary/aromatic N) is 1. The first-order valence-electron chi connectivity index (χ1n) is 6.61. The molecule has 0 spiro atoms. The molecule has 0 saturated heterocycles. The maximum absolute atomic E-state index is 11.7. The summed E-state index contributed by atoms with van der Waals surface area (Å²) in [5, 5.41) is 2.61. The number of ether oxygens (including phenoxy) is 1. The molecule has 0 aliphatic carbocycles. The number of anilines is 1. The van der Waals surface area contributed by atoms with Crippen molar-refractivity contribution in [2.45, 2.75) is 12.5 Å². The average molecular weight is 294 g/mol. The second kappa shape index (κ2) is 8.23. The number of hydrogen-bond acceptors (Lipinski definition) is 5. The van der Waals surface area contributed by atoms with Gasteiger partial charge in [0, 0.05) is 12.2 Å². The van der Waals surface area contributed by atoms with Crippen molar-refractivity contribution in [2.75, 3.05) is 32.6 Å². The van der Waals surface area contributed by atoms with Gasteiger partial charge in [-0.25, -0.2) is 0 Å². The Morgan fingerprint density at radius 2 is 1.90 bits per heavy atom. The summed E-state index contributed by atoms with van der Waals surface area (Å²) < 4.78 is 5.54. The monoisotopic (exact) mass is 294 g/mol. The summed E-state index contributed by atoms with van der Waals surface area (Å²) in [5.41, 5.74) is 11.1. The Balaban J connectivity index is 2.46. The van der Waals surface area contributed by atoms with E-state index in [0.717, 1.165) is 12.3 Å². The van der Waals surface area contributed by atoms with E-state index in [1.807, 2.05) is 19.0 Å². The van der Waals surface area contributed by atoms with E-state index in [4.69, 9.17) is 16.2 Å². The van der Waals surface area contributed by atoms with Gasteiger partial charge in [0.25, 0.3) is 0 Å². The minimum atomic E-state index is -0.946. The van der Waals surface area contributed by atoms with Crippen LogP contribution in [0, 0.1) is 0 Å². The Bertz CT molecular complexity index is 474. The van der Waals surface area contributed by atoms with Crippen molar-refractivity contribution in [2.24, 2.45) is 11.5 Å². The lowest BCUT2D eigenvalue weighted by atomic mass is 10.2. The Labute approximate surface area is 124 Å². The third kappa shape index (κ3) is 6.73. The Kier molecular flexibility index (Phi) is 6.64. The minimum Gasteiger partial charge on any atom is -0.492 e. The van der Waals surface area contributed by atoms with Gasteiger partial charge in [-0.15, -0.1) is 0 Å². The van der Waals surface area contributed by atoms with Crippen molar-refractivity contribution in [1.82, 2.24) is 4.90 Å². The van der Waals surface area contributed by atoms with E-state index in [-0.39, 0.29) is 6.42 Å². The van der Waals surface area contributed by atoms with Crippen LogP contribution >= 0.6 is 0 Å². The number of hydrogen-bond donors (Lipinski definition) is 3. The molecule has 1 aromatic rings. The fourth-order valence-corrected chi connectivity index (χ4v) is 1.52. The highest BCUT2D eigenvalue weighted by atomic mass is 16.5. The third-order valence-electron chi connectivity index (χ3n) is 2.69. The molecular weight excluding hydrogens is 272 g/mol. The van der Waals surface area contributed by atoms with Crippen molar-refractivity contribution in [3.8, 4) is 5.75 Å². The summed E-state index contributed by atoms with van der Waals surface area (Å²) >= 11 is 0. The molecule has 0 aliphatic rings. The van der Waals surface area contributed by atoms with Crippen LogP contribution in [0.15, 0.2) is 24.3 Å². The summed E-state index contributed by atoms with van der Waals surface area (Å²) in [4.78, 5) is 24.4. The van der Waals surface area contributed by atoms with Crippen LogP contribution in [0.5, 0.6) is 5.75 Å². The number of likely N-dealkylation sites (N-methyl/N-ethyl adjacent to an activating group) is 1. The molecular formula is C14H22N4O3. The van der Waals surface area contributed by atoms with Crippen LogP contribution in [-0.2, 0) is 9.59 Å². The summed E-state index contributed by atoms with van der Waals surface area (Å²) in [5.74, 6) is -0.339. The second-order valence-electron chi connectivity index (χ2n) is 4.94. The zero-order valence-corrected chi connectivity index (χ0v) is 12.3. The number of benzene rings is 1. The van der Waals surface area contributed by atoms with Gasteiger partial charge in [-0.05, 0) is 38.4 Å². The lowest BCUT2D eigenvalue weighted by Gasteiger charge is -2.12. The van der Waals surface area contributed by atoms with Crippen LogP contribution in [0.4, 0.5) is 5.69 Å². The molecule has 2 amide bonds. The van der Waals surface area contributed by atoms with E-state index in [2.05, 4.69) is 5.32 Å². The lowest BCUT2D eigenvalue weighted by Crippen LogP contribution is -2.38. The number of primary amides is 1. The molecule has 7 nitrogen and oxygen atoms in total. The summed E-state index contributed by atoms with van der Waals surface area (Å²) in [6.07, 6.45) is -0.183. The van der Waals surface area contributed by atoms with Crippen molar-refractivity contribution < 1.29 is 14.3 Å². The predicted molar refractivity (Wildman–Crippen MR) is 80.9 cm³/mol. The number of rotatable bonds is 8. The standard InChI is InChI=1S/C14H22N4O3/c1-18(2)7-8-21-11-5-3-10(4-6-11)17-14(20)12(15)9-13(16)19/h3-6,12H,7-9,15H2,1-2H3,(H2,16,19)(H,17,20). The third-order valence-corrected chi connectivity index (χ3v) is 2.69. The molecule has 1 aromatic carbocycles. The van der Waals surface area contributed by atoms with Crippen LogP contribution < -0.4 is 21.5 Å². The van der Waals surface area contributed by atoms with Crippen LogP contribution in [0.25, 0.3) is 0 Å². The van der Waals surface area contributed by atoms with E-state index in [0.29, 0.717) is 12.3 Å². The zero-order chi connectivity index (χ0) is 15.8. The van der Waals surface area contributed by atoms with E-state index in [1.165, 1.54) is 0 Å². The number of nitrogens with one attached hydrogen (secondary N) is 1. The van der Waals surface area contributed by atoms with E-state index in [1.54, 1.807) is 24.3 Å². The molecule has 0 heterocycles. The molecule has 0 aromatic heterocycles. The first kappa shape index (κ1) is 16.9. The normalized spacial score (nSPS) is 12.0. The van der Waals surface area contributed by atoms with Crippen molar-refractivity contribution in [3.63, 3.8) is 0 Å². The zero-order valence-electron chi connectivity index (χ0n) is 12.3. The second-order valence-corrected chi connectivity index (χ2v) is 4.94. The SMILES string of the molecule is CN(C)CCOc1ccc(NC(=O)C(N)CC(N)=O)cc1. The minimum absolute atomic E-state index is 0.183. The van der Waals surface area contributed by atoms with Crippen LogP contribution in [0.3, 0.4) is 0 Å². The highest BCUT2D eigenvalue weighted by Crippen LogP contribution is 2.15. The van der Waals surface area contributed by atoms with Gasteiger partial charge in [-0.2, -0.15) is 0 Å². The van der Waals surface area contributed by atoms with Gasteiger partial charge >= 0.3 is 0 Å². The molecule has 0 aliphatic heterocycles. The lowest BCUT2D eigenvalue weighted by molar-refractivity contribution is -0.123. The van der Waals surface area contributed by atoms with Crippen molar-refractivity contribution in [1.29, 1.82) is 0 Å². The van der Waals surface area contributed by atoms with E-state index in [9.17, 15) is 9.59 Å². The molecule has 0 fully saturated rings. The van der Waals surface area contributed by atoms with Gasteiger partial charge in [0.2, 0.25) is 11.8 Å². The fraction of sp³-hybridized carbons (Fsp3) is 0.429. The van der Waals surface area contributed by atoms with Crippen LogP contribution in [-0.4, -0.2) is 50.0 Å². The Hall–Kier alpha value is -2.12. The fourth-order valence-electron chi connectivity index (χ4n) is 1.52.